The van der Waals surface area contributed by atoms with Crippen molar-refractivity contribution in [1.29, 1.82) is 0 Å². The first-order chi connectivity index (χ1) is 11.1. The molecule has 0 N–H and O–H groups in total. The van der Waals surface area contributed by atoms with Crippen molar-refractivity contribution in [2.45, 2.75) is 0 Å². The molecular weight excluding hydrogens is 426 g/mol. The van der Waals surface area contributed by atoms with Crippen molar-refractivity contribution in [2.75, 3.05) is 7.11 Å². The van der Waals surface area contributed by atoms with E-state index in [0.29, 0.717) is 5.69 Å². The van der Waals surface area contributed by atoms with Crippen LogP contribution in [0.5, 0.6) is 0 Å². The van der Waals surface area contributed by atoms with Gasteiger partial charge in [0.1, 0.15) is 5.21 Å². The lowest BCUT2D eigenvalue weighted by Crippen LogP contribution is -2.32. The van der Waals surface area contributed by atoms with E-state index in [9.17, 15) is 4.79 Å². The molecule has 1 heterocycles. The van der Waals surface area contributed by atoms with Gasteiger partial charge >= 0.3 is 5.97 Å². The molecule has 0 atom stereocenters. The van der Waals surface area contributed by atoms with E-state index in [-0.39, 0.29) is 0 Å². The van der Waals surface area contributed by atoms with Crippen molar-refractivity contribution in [3.8, 4) is 11.4 Å². The highest BCUT2D eigenvalue weighted by molar-refractivity contribution is 9.10. The fourth-order valence-corrected chi connectivity index (χ4v) is 2.61. The molecule has 0 bridgehead atoms. The third kappa shape index (κ3) is 3.35. The number of aromatic nitrogens is 3. The van der Waals surface area contributed by atoms with Crippen molar-refractivity contribution in [3.63, 3.8) is 0 Å². The molecule has 5 nitrogen and oxygen atoms in total. The molecule has 0 aliphatic rings. The van der Waals surface area contributed by atoms with Gasteiger partial charge in [0.15, 0.2) is 17.6 Å². The third-order valence-corrected chi connectivity index (χ3v) is 4.27. The van der Waals surface area contributed by atoms with Gasteiger partial charge in [0.25, 0.3) is 5.69 Å². The lowest BCUT2D eigenvalue weighted by Gasteiger charge is -1.97. The van der Waals surface area contributed by atoms with E-state index < -0.39 is 5.97 Å². The van der Waals surface area contributed by atoms with Crippen molar-refractivity contribution in [2.24, 2.45) is 0 Å². The number of rotatable bonds is 3. The first-order valence-electron chi connectivity index (χ1n) is 6.70. The third-order valence-electron chi connectivity index (χ3n) is 3.22. The van der Waals surface area contributed by atoms with Gasteiger partial charge in [-0.15, -0.1) is 4.68 Å². The Kier molecular flexibility index (Phi) is 4.58. The summed E-state index contributed by atoms with van der Waals surface area (Å²) in [6.45, 7) is 0. The fourth-order valence-electron chi connectivity index (χ4n) is 2.08. The van der Waals surface area contributed by atoms with E-state index in [0.717, 1.165) is 20.3 Å². The Morgan fingerprint density at radius 2 is 1.61 bits per heavy atom. The highest BCUT2D eigenvalue weighted by atomic mass is 79.9. The summed E-state index contributed by atoms with van der Waals surface area (Å²) in [6.07, 6.45) is 1.65. The summed E-state index contributed by atoms with van der Waals surface area (Å²) in [5.74, 6) is -0.448. The minimum Gasteiger partial charge on any atom is -0.463 e. The number of hydrogen-bond donors (Lipinski definition) is 0. The van der Waals surface area contributed by atoms with Gasteiger partial charge in [0, 0.05) is 8.95 Å². The Balaban J connectivity index is 2.12. The summed E-state index contributed by atoms with van der Waals surface area (Å²) in [6, 6.07) is 15.2. The normalized spacial score (nSPS) is 10.6. The monoisotopic (exact) mass is 436 g/mol. The molecule has 0 unspecified atom stereocenters. The number of halogens is 2. The zero-order valence-electron chi connectivity index (χ0n) is 12.1. The maximum absolute atomic E-state index is 12.1. The van der Waals surface area contributed by atoms with Crippen LogP contribution in [0.25, 0.3) is 11.4 Å². The lowest BCUT2D eigenvalue weighted by molar-refractivity contribution is -0.661. The van der Waals surface area contributed by atoms with Crippen LogP contribution in [0.15, 0.2) is 63.7 Å². The van der Waals surface area contributed by atoms with Crippen LogP contribution in [0.4, 0.5) is 0 Å². The van der Waals surface area contributed by atoms with E-state index in [4.69, 9.17) is 4.74 Å². The van der Waals surface area contributed by atoms with E-state index >= 15 is 0 Å². The predicted octanol–water partition coefficient (Wildman–Crippen LogP) is 3.46. The SMILES string of the molecule is COC(=O)c1c[n+](-c2ccc(Br)cc2)nn1-c1ccc(Br)cc1. The van der Waals surface area contributed by atoms with Crippen molar-refractivity contribution >= 4 is 37.8 Å². The molecule has 0 amide bonds. The van der Waals surface area contributed by atoms with Gasteiger partial charge < -0.3 is 4.74 Å². The molecule has 3 rings (SSSR count). The van der Waals surface area contributed by atoms with Crippen LogP contribution < -0.4 is 4.68 Å². The van der Waals surface area contributed by atoms with Crippen molar-refractivity contribution in [3.05, 3.63) is 69.4 Å². The molecule has 0 aliphatic carbocycles. The number of carbonyl (C=O) groups excluding carboxylic acids is 1. The Morgan fingerprint density at radius 3 is 2.17 bits per heavy atom. The van der Waals surface area contributed by atoms with Crippen LogP contribution in [0.2, 0.25) is 0 Å². The first-order valence-corrected chi connectivity index (χ1v) is 8.29. The summed E-state index contributed by atoms with van der Waals surface area (Å²) < 4.78 is 9.98. The molecule has 0 aliphatic heterocycles. The van der Waals surface area contributed by atoms with E-state index in [1.807, 2.05) is 48.5 Å². The maximum Gasteiger partial charge on any atom is 0.384 e. The van der Waals surface area contributed by atoms with Crippen LogP contribution in [-0.4, -0.2) is 23.0 Å². The molecule has 0 fully saturated rings. The van der Waals surface area contributed by atoms with Gasteiger partial charge in [0.2, 0.25) is 0 Å². The molecule has 3 aromatic rings. The molecule has 0 saturated carbocycles. The minimum atomic E-state index is -0.448. The summed E-state index contributed by atoms with van der Waals surface area (Å²) >= 11 is 6.80. The topological polar surface area (TPSA) is 48.0 Å². The predicted molar refractivity (Wildman–Crippen MR) is 91.8 cm³/mol. The fraction of sp³-hybridized carbons (Fsp3) is 0.0625. The minimum absolute atomic E-state index is 0.345. The Labute approximate surface area is 149 Å². The smallest absolute Gasteiger partial charge is 0.384 e. The zero-order valence-corrected chi connectivity index (χ0v) is 15.3. The maximum atomic E-state index is 12.1. The Hall–Kier alpha value is -1.99. The molecule has 0 radical (unpaired) electrons. The average Bonchev–Trinajstić information content (AvgIpc) is 3.00. The van der Waals surface area contributed by atoms with Gasteiger partial charge in [-0.1, -0.05) is 36.5 Å². The zero-order chi connectivity index (χ0) is 16.4. The highest BCUT2D eigenvalue weighted by Crippen LogP contribution is 2.16. The molecular formula is C16H12Br2N3O2+. The van der Waals surface area contributed by atoms with Crippen molar-refractivity contribution < 1.29 is 14.2 Å². The number of hydrogen-bond acceptors (Lipinski definition) is 3. The van der Waals surface area contributed by atoms with Crippen LogP contribution in [0.1, 0.15) is 10.5 Å². The Morgan fingerprint density at radius 1 is 1.04 bits per heavy atom. The summed E-state index contributed by atoms with van der Waals surface area (Å²) in [4.78, 5) is 12.1. The quantitative estimate of drug-likeness (QED) is 0.465. The number of carbonyl (C=O) groups is 1. The number of esters is 1. The summed E-state index contributed by atoms with van der Waals surface area (Å²) in [5, 5.41) is 4.48. The van der Waals surface area contributed by atoms with Crippen LogP contribution in [0, 0.1) is 0 Å². The van der Waals surface area contributed by atoms with Gasteiger partial charge in [-0.05, 0) is 48.5 Å². The summed E-state index contributed by atoms with van der Waals surface area (Å²) in [5.41, 5.74) is 1.96. The number of benzene rings is 2. The van der Waals surface area contributed by atoms with E-state index in [1.165, 1.54) is 7.11 Å². The number of ether oxygens (including phenoxy) is 1. The molecule has 23 heavy (non-hydrogen) atoms. The lowest BCUT2D eigenvalue weighted by atomic mass is 10.3. The Bertz CT molecular complexity index is 843. The molecule has 0 spiro atoms. The van der Waals surface area contributed by atoms with Crippen molar-refractivity contribution in [1.82, 2.24) is 9.90 Å². The number of nitrogens with zero attached hydrogens (tertiary/aromatic N) is 3. The van der Waals surface area contributed by atoms with Gasteiger partial charge in [-0.25, -0.2) is 4.79 Å². The van der Waals surface area contributed by atoms with E-state index in [1.54, 1.807) is 15.6 Å². The average molecular weight is 438 g/mol. The molecule has 1 aromatic heterocycles. The van der Waals surface area contributed by atoms with Crippen LogP contribution in [-0.2, 0) is 4.74 Å². The van der Waals surface area contributed by atoms with Crippen LogP contribution >= 0.6 is 31.9 Å². The van der Waals surface area contributed by atoms with Gasteiger partial charge in [0.05, 0.1) is 7.11 Å². The second-order valence-corrected chi connectivity index (χ2v) is 6.54. The number of methoxy groups -OCH3 is 1. The molecule has 7 heteroatoms. The first kappa shape index (κ1) is 15.9. The van der Waals surface area contributed by atoms with E-state index in [2.05, 4.69) is 37.1 Å². The largest absolute Gasteiger partial charge is 0.463 e. The standard InChI is InChI=1S/C16H12Br2N3O2/c1-23-16(22)15-10-20(13-6-2-11(17)3-7-13)19-21(15)14-8-4-12(18)5-9-14/h2-10H,1H3/q+1. The second-order valence-electron chi connectivity index (χ2n) is 4.70. The van der Waals surface area contributed by atoms with Gasteiger partial charge in [-0.3, -0.25) is 0 Å². The highest BCUT2D eigenvalue weighted by Gasteiger charge is 2.26. The summed E-state index contributed by atoms with van der Waals surface area (Å²) in [7, 11) is 1.35. The molecule has 2 aromatic carbocycles. The van der Waals surface area contributed by atoms with Crippen LogP contribution in [0.3, 0.4) is 0 Å². The molecule has 116 valence electrons. The second kappa shape index (κ2) is 6.64. The van der Waals surface area contributed by atoms with Gasteiger partial charge in [-0.2, -0.15) is 0 Å². The molecule has 0 saturated heterocycles.